The first kappa shape index (κ1) is 13.7. The van der Waals surface area contributed by atoms with E-state index in [9.17, 15) is 14.9 Å². The van der Waals surface area contributed by atoms with Gasteiger partial charge in [-0.25, -0.2) is 0 Å². The first-order valence-corrected chi connectivity index (χ1v) is 5.97. The molecule has 0 atom stereocenters. The second kappa shape index (κ2) is 5.52. The maximum absolute atomic E-state index is 11.4. The highest BCUT2D eigenvalue weighted by Crippen LogP contribution is 2.32. The fourth-order valence-corrected chi connectivity index (χ4v) is 2.03. The van der Waals surface area contributed by atoms with E-state index in [1.165, 1.54) is 12.3 Å². The summed E-state index contributed by atoms with van der Waals surface area (Å²) in [6, 6.07) is 4.78. The van der Waals surface area contributed by atoms with Crippen molar-refractivity contribution in [2.45, 2.75) is 0 Å². The molecule has 0 fully saturated rings. The quantitative estimate of drug-likeness (QED) is 0.671. The monoisotopic (exact) mass is 274 g/mol. The van der Waals surface area contributed by atoms with Crippen LogP contribution in [0.3, 0.4) is 0 Å². The third kappa shape index (κ3) is 2.51. The van der Waals surface area contributed by atoms with E-state index < -0.39 is 4.92 Å². The largest absolute Gasteiger partial charge is 0.365 e. The number of aromatic nitrogens is 1. The van der Waals surface area contributed by atoms with E-state index in [4.69, 9.17) is 0 Å². The van der Waals surface area contributed by atoms with E-state index in [2.05, 4.69) is 10.3 Å². The molecule has 0 aliphatic carbocycles. The van der Waals surface area contributed by atoms with Crippen LogP contribution in [0.5, 0.6) is 0 Å². The molecule has 0 bridgehead atoms. The van der Waals surface area contributed by atoms with E-state index in [1.807, 2.05) is 0 Å². The lowest BCUT2D eigenvalue weighted by Gasteiger charge is -2.20. The molecule has 1 aromatic carbocycles. The van der Waals surface area contributed by atoms with Gasteiger partial charge >= 0.3 is 0 Å². The molecule has 1 amide bonds. The Morgan fingerprint density at radius 2 is 2.15 bits per heavy atom. The van der Waals surface area contributed by atoms with Crippen LogP contribution in [0.4, 0.5) is 11.4 Å². The molecule has 1 aromatic heterocycles. The molecule has 104 valence electrons. The van der Waals surface area contributed by atoms with Crippen molar-refractivity contribution in [1.82, 2.24) is 10.3 Å². The molecule has 7 heteroatoms. The molecule has 1 heterocycles. The molecular formula is C13H14N4O3. The van der Waals surface area contributed by atoms with Gasteiger partial charge in [0.2, 0.25) is 5.91 Å². The molecule has 2 aromatic rings. The van der Waals surface area contributed by atoms with Gasteiger partial charge in [0.25, 0.3) is 5.69 Å². The molecule has 0 saturated carbocycles. The van der Waals surface area contributed by atoms with Crippen molar-refractivity contribution in [1.29, 1.82) is 0 Å². The molecule has 0 unspecified atom stereocenters. The number of amides is 1. The van der Waals surface area contributed by atoms with Crippen LogP contribution >= 0.6 is 0 Å². The fourth-order valence-electron chi connectivity index (χ4n) is 2.03. The summed E-state index contributed by atoms with van der Waals surface area (Å²) in [6.45, 7) is 0.172. The van der Waals surface area contributed by atoms with Gasteiger partial charge < -0.3 is 10.2 Å². The number of nitro groups is 1. The van der Waals surface area contributed by atoms with Gasteiger partial charge in [0, 0.05) is 43.6 Å². The molecule has 20 heavy (non-hydrogen) atoms. The predicted molar refractivity (Wildman–Crippen MR) is 75.7 cm³/mol. The number of nitrogens with zero attached hydrogens (tertiary/aromatic N) is 3. The topological polar surface area (TPSA) is 88.4 Å². The number of carbonyl (C=O) groups is 1. The lowest BCUT2D eigenvalue weighted by atomic mass is 10.1. The van der Waals surface area contributed by atoms with Crippen LogP contribution in [0.1, 0.15) is 0 Å². The fraction of sp³-hybridized carbons (Fsp3) is 0.231. The average molecular weight is 274 g/mol. The number of hydrogen-bond acceptors (Lipinski definition) is 5. The summed E-state index contributed by atoms with van der Waals surface area (Å²) >= 11 is 0. The molecule has 1 N–H and O–H groups in total. The van der Waals surface area contributed by atoms with E-state index in [0.717, 1.165) is 5.69 Å². The lowest BCUT2D eigenvalue weighted by Crippen LogP contribution is -2.33. The van der Waals surface area contributed by atoms with Crippen LogP contribution in [-0.4, -0.2) is 36.5 Å². The predicted octanol–water partition coefficient (Wildman–Crippen LogP) is 1.33. The van der Waals surface area contributed by atoms with Gasteiger partial charge in [0.05, 0.1) is 16.9 Å². The van der Waals surface area contributed by atoms with Crippen molar-refractivity contribution < 1.29 is 9.72 Å². The van der Waals surface area contributed by atoms with Gasteiger partial charge in [-0.2, -0.15) is 0 Å². The van der Waals surface area contributed by atoms with Crippen LogP contribution in [-0.2, 0) is 4.79 Å². The SMILES string of the molecule is CNC(=O)CN(C)c1ccc([N+](=O)[O-])c2cnccc12. The van der Waals surface area contributed by atoms with Gasteiger partial charge in [-0.1, -0.05) is 0 Å². The lowest BCUT2D eigenvalue weighted by molar-refractivity contribution is -0.383. The standard InChI is InChI=1S/C13H14N4O3/c1-14-13(18)8-16(2)11-3-4-12(17(19)20)10-7-15-6-5-9(10)11/h3-7H,8H2,1-2H3,(H,14,18). The van der Waals surface area contributed by atoms with Gasteiger partial charge in [0.1, 0.15) is 0 Å². The smallest absolute Gasteiger partial charge is 0.278 e. The zero-order valence-electron chi connectivity index (χ0n) is 11.2. The van der Waals surface area contributed by atoms with Gasteiger partial charge in [-0.05, 0) is 12.1 Å². The summed E-state index contributed by atoms with van der Waals surface area (Å²) in [7, 11) is 3.32. The average Bonchev–Trinajstić information content (AvgIpc) is 2.45. The number of anilines is 1. The van der Waals surface area contributed by atoms with Crippen LogP contribution in [0.2, 0.25) is 0 Å². The van der Waals surface area contributed by atoms with Crippen LogP contribution in [0.25, 0.3) is 10.8 Å². The van der Waals surface area contributed by atoms with Crippen molar-refractivity contribution in [2.24, 2.45) is 0 Å². The molecular weight excluding hydrogens is 260 g/mol. The van der Waals surface area contributed by atoms with Crippen LogP contribution < -0.4 is 10.2 Å². The summed E-state index contributed by atoms with van der Waals surface area (Å²) in [6.07, 6.45) is 3.04. The minimum Gasteiger partial charge on any atom is -0.365 e. The van der Waals surface area contributed by atoms with Gasteiger partial charge in [-0.3, -0.25) is 19.9 Å². The Morgan fingerprint density at radius 3 is 2.80 bits per heavy atom. The Morgan fingerprint density at radius 1 is 1.40 bits per heavy atom. The van der Waals surface area contributed by atoms with E-state index in [1.54, 1.807) is 37.3 Å². The van der Waals surface area contributed by atoms with Gasteiger partial charge in [0.15, 0.2) is 0 Å². The maximum Gasteiger partial charge on any atom is 0.278 e. The van der Waals surface area contributed by atoms with Crippen molar-refractivity contribution in [3.63, 3.8) is 0 Å². The number of fused-ring (bicyclic) bond motifs is 1. The van der Waals surface area contributed by atoms with Crippen LogP contribution in [0.15, 0.2) is 30.6 Å². The molecule has 0 radical (unpaired) electrons. The number of rotatable bonds is 4. The Balaban J connectivity index is 2.53. The molecule has 2 rings (SSSR count). The third-order valence-corrected chi connectivity index (χ3v) is 3.04. The number of likely N-dealkylation sites (N-methyl/N-ethyl adjacent to an activating group) is 2. The van der Waals surface area contributed by atoms with Gasteiger partial charge in [-0.15, -0.1) is 0 Å². The Hall–Kier alpha value is -2.70. The minimum atomic E-state index is -0.438. The molecule has 0 aliphatic rings. The van der Waals surface area contributed by atoms with Crippen molar-refractivity contribution in [3.8, 4) is 0 Å². The second-order valence-corrected chi connectivity index (χ2v) is 4.31. The first-order chi connectivity index (χ1) is 9.54. The summed E-state index contributed by atoms with van der Waals surface area (Å²) in [5, 5.41) is 14.7. The zero-order chi connectivity index (χ0) is 14.7. The molecule has 0 aliphatic heterocycles. The van der Waals surface area contributed by atoms with Crippen molar-refractivity contribution >= 4 is 28.1 Å². The Labute approximate surface area is 115 Å². The summed E-state index contributed by atoms with van der Waals surface area (Å²) in [4.78, 5) is 27.7. The Kier molecular flexibility index (Phi) is 3.79. The minimum absolute atomic E-state index is 0.00481. The number of hydrogen-bond donors (Lipinski definition) is 1. The number of pyridine rings is 1. The van der Waals surface area contributed by atoms with Crippen molar-refractivity contribution in [2.75, 3.05) is 25.5 Å². The highest BCUT2D eigenvalue weighted by Gasteiger charge is 2.17. The highest BCUT2D eigenvalue weighted by atomic mass is 16.6. The van der Waals surface area contributed by atoms with E-state index >= 15 is 0 Å². The summed E-state index contributed by atoms with van der Waals surface area (Å²) in [5.41, 5.74) is 0.752. The van der Waals surface area contributed by atoms with E-state index in [0.29, 0.717) is 10.8 Å². The summed E-state index contributed by atoms with van der Waals surface area (Å²) < 4.78 is 0. The Bertz CT molecular complexity index is 672. The second-order valence-electron chi connectivity index (χ2n) is 4.31. The summed E-state index contributed by atoms with van der Waals surface area (Å²) in [5.74, 6) is -0.131. The number of non-ortho nitro benzene ring substituents is 1. The molecule has 0 saturated heterocycles. The number of nitro benzene ring substituents is 1. The molecule has 0 spiro atoms. The van der Waals surface area contributed by atoms with Crippen molar-refractivity contribution in [3.05, 3.63) is 40.7 Å². The first-order valence-electron chi connectivity index (χ1n) is 5.97. The maximum atomic E-state index is 11.4. The highest BCUT2D eigenvalue weighted by molar-refractivity contribution is 6.00. The molecule has 7 nitrogen and oxygen atoms in total. The zero-order valence-corrected chi connectivity index (χ0v) is 11.2. The third-order valence-electron chi connectivity index (χ3n) is 3.04. The van der Waals surface area contributed by atoms with Crippen LogP contribution in [0, 0.1) is 10.1 Å². The number of nitrogens with one attached hydrogen (secondary N) is 1. The number of carbonyl (C=O) groups excluding carboxylic acids is 1. The number of benzene rings is 1. The van der Waals surface area contributed by atoms with E-state index in [-0.39, 0.29) is 18.1 Å². The normalized spacial score (nSPS) is 10.3.